The average Bonchev–Trinajstić information content (AvgIpc) is 3.34. The third-order valence-electron chi connectivity index (χ3n) is 4.01. The van der Waals surface area contributed by atoms with Crippen molar-refractivity contribution in [1.82, 2.24) is 9.29 Å². The number of rotatable bonds is 4. The number of nitrogens with one attached hydrogen (secondary N) is 1. The fraction of sp³-hybridized carbons (Fsp3) is 0.571. The first-order valence-corrected chi connectivity index (χ1v) is 8.71. The Hall–Kier alpha value is -1.65. The minimum atomic E-state index is -3.04. The van der Waals surface area contributed by atoms with Gasteiger partial charge in [0.15, 0.2) is 0 Å². The van der Waals surface area contributed by atoms with Gasteiger partial charge in [-0.3, -0.25) is 0 Å². The highest BCUT2D eigenvalue weighted by Gasteiger charge is 2.41. The third-order valence-corrected chi connectivity index (χ3v) is 6.41. The highest BCUT2D eigenvalue weighted by Crippen LogP contribution is 2.32. The zero-order chi connectivity index (χ0) is 14.9. The highest BCUT2D eigenvalue weighted by atomic mass is 32.2. The molecule has 1 saturated carbocycles. The molecule has 0 spiro atoms. The summed E-state index contributed by atoms with van der Waals surface area (Å²) in [6.07, 6.45) is 4.87. The average molecular weight is 306 g/mol. The van der Waals surface area contributed by atoms with Gasteiger partial charge in [0.25, 0.3) is 0 Å². The number of piperidine rings is 1. The van der Waals surface area contributed by atoms with Crippen LogP contribution in [0.5, 0.6) is 0 Å². The van der Waals surface area contributed by atoms with Gasteiger partial charge in [-0.05, 0) is 37.8 Å². The highest BCUT2D eigenvalue weighted by molar-refractivity contribution is 7.90. The maximum atomic E-state index is 12.1. The second kappa shape index (κ2) is 5.62. The number of nitriles is 1. The number of pyridine rings is 1. The lowest BCUT2D eigenvalue weighted by Crippen LogP contribution is -2.43. The van der Waals surface area contributed by atoms with Crippen molar-refractivity contribution in [2.75, 3.05) is 18.4 Å². The Labute approximate surface area is 124 Å². The molecule has 1 aromatic heterocycles. The minimum Gasteiger partial charge on any atom is -0.381 e. The molecule has 2 aliphatic rings. The van der Waals surface area contributed by atoms with Gasteiger partial charge in [-0.1, -0.05) is 0 Å². The molecule has 2 heterocycles. The van der Waals surface area contributed by atoms with Crippen molar-refractivity contribution in [3.8, 4) is 6.07 Å². The first-order valence-electron chi connectivity index (χ1n) is 7.21. The summed E-state index contributed by atoms with van der Waals surface area (Å²) in [4.78, 5) is 4.02. The monoisotopic (exact) mass is 306 g/mol. The summed E-state index contributed by atoms with van der Waals surface area (Å²) in [5.74, 6) is 0. The molecule has 2 fully saturated rings. The van der Waals surface area contributed by atoms with Crippen molar-refractivity contribution in [1.29, 1.82) is 5.26 Å². The minimum absolute atomic E-state index is 0.121. The first kappa shape index (κ1) is 14.3. The molecule has 0 unspecified atom stereocenters. The van der Waals surface area contributed by atoms with Gasteiger partial charge in [-0.25, -0.2) is 17.7 Å². The normalized spacial score (nSPS) is 20.9. The van der Waals surface area contributed by atoms with Crippen LogP contribution < -0.4 is 5.32 Å². The van der Waals surface area contributed by atoms with E-state index in [0.717, 1.165) is 31.4 Å². The predicted molar refractivity (Wildman–Crippen MR) is 79.1 cm³/mol. The van der Waals surface area contributed by atoms with Crippen molar-refractivity contribution >= 4 is 15.7 Å². The van der Waals surface area contributed by atoms with Crippen LogP contribution in [0.4, 0.5) is 5.69 Å². The van der Waals surface area contributed by atoms with E-state index in [9.17, 15) is 8.42 Å². The second-order valence-corrected chi connectivity index (χ2v) is 7.82. The molecule has 1 N–H and O–H groups in total. The molecule has 0 atom stereocenters. The second-order valence-electron chi connectivity index (χ2n) is 5.61. The predicted octanol–water partition coefficient (Wildman–Crippen LogP) is 1.32. The molecule has 0 bridgehead atoms. The molecule has 1 aliphatic carbocycles. The van der Waals surface area contributed by atoms with Crippen molar-refractivity contribution in [2.24, 2.45) is 0 Å². The first-order chi connectivity index (χ1) is 10.1. The van der Waals surface area contributed by atoms with Gasteiger partial charge in [0.05, 0.1) is 17.1 Å². The van der Waals surface area contributed by atoms with E-state index in [1.807, 2.05) is 12.1 Å². The molecule has 0 aromatic carbocycles. The van der Waals surface area contributed by atoms with Crippen LogP contribution in [0.15, 0.2) is 18.3 Å². The van der Waals surface area contributed by atoms with Gasteiger partial charge in [-0.2, -0.15) is 5.26 Å². The molecule has 6 nitrogen and oxygen atoms in total. The summed E-state index contributed by atoms with van der Waals surface area (Å²) in [5, 5.41) is 11.9. The number of aromatic nitrogens is 1. The van der Waals surface area contributed by atoms with E-state index in [1.54, 1.807) is 16.6 Å². The van der Waals surface area contributed by atoms with Crippen molar-refractivity contribution < 1.29 is 8.42 Å². The number of hydrogen-bond acceptors (Lipinski definition) is 5. The number of hydrogen-bond donors (Lipinski definition) is 1. The van der Waals surface area contributed by atoms with Crippen LogP contribution >= 0.6 is 0 Å². The SMILES string of the molecule is N#Cc1ccc(NC2CCN(S(=O)(=O)C3CC3)CC2)cn1. The Balaban J connectivity index is 1.55. The standard InChI is InChI=1S/C14H18N4O2S/c15-9-12-1-2-13(10-16-12)17-11-5-7-18(8-6-11)21(19,20)14-3-4-14/h1-2,10-11,14,17H,3-8H2. The topological polar surface area (TPSA) is 86.1 Å². The van der Waals surface area contributed by atoms with Crippen molar-refractivity contribution in [3.05, 3.63) is 24.0 Å². The largest absolute Gasteiger partial charge is 0.381 e. The van der Waals surface area contributed by atoms with E-state index < -0.39 is 10.0 Å². The van der Waals surface area contributed by atoms with Gasteiger partial charge >= 0.3 is 0 Å². The zero-order valence-electron chi connectivity index (χ0n) is 11.7. The Morgan fingerprint density at radius 3 is 2.48 bits per heavy atom. The molecule has 3 rings (SSSR count). The Kier molecular flexibility index (Phi) is 3.83. The molecule has 21 heavy (non-hydrogen) atoms. The quantitative estimate of drug-likeness (QED) is 0.906. The van der Waals surface area contributed by atoms with Crippen LogP contribution in [0.2, 0.25) is 0 Å². The molecule has 112 valence electrons. The Morgan fingerprint density at radius 2 is 1.95 bits per heavy atom. The van der Waals surface area contributed by atoms with E-state index in [2.05, 4.69) is 10.3 Å². The van der Waals surface area contributed by atoms with Gasteiger partial charge < -0.3 is 5.32 Å². The van der Waals surface area contributed by atoms with Crippen LogP contribution in [-0.2, 0) is 10.0 Å². The van der Waals surface area contributed by atoms with Crippen molar-refractivity contribution in [3.63, 3.8) is 0 Å². The lowest BCUT2D eigenvalue weighted by Gasteiger charge is -2.32. The van der Waals surface area contributed by atoms with Crippen LogP contribution in [0.3, 0.4) is 0 Å². The summed E-state index contributed by atoms with van der Waals surface area (Å²) in [5.41, 5.74) is 1.27. The number of anilines is 1. The Bertz CT molecular complexity index is 639. The van der Waals surface area contributed by atoms with E-state index in [1.165, 1.54) is 0 Å². The van der Waals surface area contributed by atoms with Gasteiger partial charge in [0.2, 0.25) is 10.0 Å². The van der Waals surface area contributed by atoms with Gasteiger partial charge in [0, 0.05) is 19.1 Å². The van der Waals surface area contributed by atoms with Gasteiger partial charge in [-0.15, -0.1) is 0 Å². The fourth-order valence-electron chi connectivity index (χ4n) is 2.61. The van der Waals surface area contributed by atoms with E-state index >= 15 is 0 Å². The van der Waals surface area contributed by atoms with E-state index in [-0.39, 0.29) is 11.3 Å². The molecular formula is C14H18N4O2S. The van der Waals surface area contributed by atoms with Crippen LogP contribution in [0.1, 0.15) is 31.4 Å². The number of sulfonamides is 1. The molecule has 1 saturated heterocycles. The third kappa shape index (κ3) is 3.17. The van der Waals surface area contributed by atoms with Gasteiger partial charge in [0.1, 0.15) is 11.8 Å². The lowest BCUT2D eigenvalue weighted by atomic mass is 10.1. The molecular weight excluding hydrogens is 288 g/mol. The fourth-order valence-corrected chi connectivity index (χ4v) is 4.49. The maximum Gasteiger partial charge on any atom is 0.216 e. The summed E-state index contributed by atoms with van der Waals surface area (Å²) in [6, 6.07) is 5.75. The smallest absolute Gasteiger partial charge is 0.216 e. The Morgan fingerprint density at radius 1 is 1.24 bits per heavy atom. The van der Waals surface area contributed by atoms with E-state index in [4.69, 9.17) is 5.26 Å². The molecule has 7 heteroatoms. The molecule has 1 aliphatic heterocycles. The summed E-state index contributed by atoms with van der Waals surface area (Å²) in [6.45, 7) is 1.17. The number of nitrogens with zero attached hydrogens (tertiary/aromatic N) is 3. The summed E-state index contributed by atoms with van der Waals surface area (Å²) < 4.78 is 25.9. The zero-order valence-corrected chi connectivity index (χ0v) is 12.5. The summed E-state index contributed by atoms with van der Waals surface area (Å²) in [7, 11) is -3.04. The molecule has 0 amide bonds. The molecule has 0 radical (unpaired) electrons. The summed E-state index contributed by atoms with van der Waals surface area (Å²) >= 11 is 0. The van der Waals surface area contributed by atoms with E-state index in [0.29, 0.717) is 18.8 Å². The lowest BCUT2D eigenvalue weighted by molar-refractivity contribution is 0.329. The molecule has 1 aromatic rings. The van der Waals surface area contributed by atoms with Crippen LogP contribution in [0, 0.1) is 11.3 Å². The van der Waals surface area contributed by atoms with Crippen molar-refractivity contribution in [2.45, 2.75) is 37.0 Å². The van der Waals surface area contributed by atoms with Crippen LogP contribution in [-0.4, -0.2) is 42.1 Å². The maximum absolute atomic E-state index is 12.1. The van der Waals surface area contributed by atoms with Crippen LogP contribution in [0.25, 0.3) is 0 Å².